The number of methoxy groups -OCH3 is 1. The second-order valence-corrected chi connectivity index (χ2v) is 8.78. The molecule has 2 N–H and O–H groups in total. The van der Waals surface area contributed by atoms with Crippen molar-refractivity contribution in [2.24, 2.45) is 11.8 Å². The van der Waals surface area contributed by atoms with E-state index in [2.05, 4.69) is 10.6 Å². The number of benzene rings is 1. The molecule has 1 aromatic heterocycles. The van der Waals surface area contributed by atoms with Crippen LogP contribution in [-0.4, -0.2) is 44.3 Å². The number of rotatable bonds is 7. The van der Waals surface area contributed by atoms with E-state index in [1.165, 1.54) is 32.1 Å². The Morgan fingerprint density at radius 1 is 1.19 bits per heavy atom. The third kappa shape index (κ3) is 5.63. The second kappa shape index (κ2) is 11.2. The molecule has 1 aromatic carbocycles. The van der Waals surface area contributed by atoms with E-state index >= 15 is 0 Å². The van der Waals surface area contributed by atoms with Gasteiger partial charge in [-0.3, -0.25) is 4.79 Å². The molecule has 1 aliphatic heterocycles. The first-order valence-corrected chi connectivity index (χ1v) is 11.3. The molecule has 1 saturated carbocycles. The molecule has 2 fully saturated rings. The fourth-order valence-corrected chi connectivity index (χ4v) is 4.85. The summed E-state index contributed by atoms with van der Waals surface area (Å²) in [6.45, 7) is 2.87. The normalized spacial score (nSPS) is 22.3. The maximum atomic E-state index is 13.0. The van der Waals surface area contributed by atoms with Crippen molar-refractivity contribution in [1.82, 2.24) is 5.32 Å². The maximum absolute atomic E-state index is 13.0. The molecular weight excluding hydrogens is 432 g/mol. The van der Waals surface area contributed by atoms with Crippen LogP contribution in [0.5, 0.6) is 0 Å². The van der Waals surface area contributed by atoms with Crippen molar-refractivity contribution in [3.05, 3.63) is 30.0 Å². The van der Waals surface area contributed by atoms with Gasteiger partial charge in [-0.15, -0.1) is 12.4 Å². The Balaban J connectivity index is 0.00000289. The number of carbonyl (C=O) groups is 2. The molecule has 2 aromatic rings. The van der Waals surface area contributed by atoms with Gasteiger partial charge in [0.2, 0.25) is 11.7 Å². The summed E-state index contributed by atoms with van der Waals surface area (Å²) in [5.74, 6) is 0.677. The lowest BCUT2D eigenvalue weighted by Crippen LogP contribution is -2.42. The molecule has 32 heavy (non-hydrogen) atoms. The summed E-state index contributed by atoms with van der Waals surface area (Å²) in [5, 5.41) is 7.20. The molecule has 8 heteroatoms. The highest BCUT2D eigenvalue weighted by Gasteiger charge is 2.38. The number of furan rings is 1. The monoisotopic (exact) mass is 464 g/mol. The van der Waals surface area contributed by atoms with Crippen molar-refractivity contribution in [2.45, 2.75) is 57.6 Å². The minimum absolute atomic E-state index is 0. The quantitative estimate of drug-likeness (QED) is 0.584. The highest BCUT2D eigenvalue weighted by atomic mass is 35.5. The van der Waals surface area contributed by atoms with Gasteiger partial charge in [0.05, 0.1) is 12.1 Å². The van der Waals surface area contributed by atoms with Crippen molar-refractivity contribution >= 4 is 40.9 Å². The zero-order valence-electron chi connectivity index (χ0n) is 18.7. The van der Waals surface area contributed by atoms with Crippen LogP contribution < -0.4 is 10.6 Å². The van der Waals surface area contributed by atoms with Crippen molar-refractivity contribution in [3.8, 4) is 0 Å². The van der Waals surface area contributed by atoms with E-state index in [-0.39, 0.29) is 42.8 Å². The van der Waals surface area contributed by atoms with Gasteiger partial charge in [-0.25, -0.2) is 4.79 Å². The molecule has 0 unspecified atom stereocenters. The van der Waals surface area contributed by atoms with E-state index in [4.69, 9.17) is 13.9 Å². The van der Waals surface area contributed by atoms with E-state index in [1.54, 1.807) is 25.3 Å². The number of ether oxygens (including phenoxy) is 2. The fourth-order valence-electron chi connectivity index (χ4n) is 4.85. The van der Waals surface area contributed by atoms with E-state index in [1.807, 2.05) is 13.0 Å². The topological polar surface area (TPSA) is 89.8 Å². The minimum atomic E-state index is -0.531. The number of amides is 1. The number of nitrogens with one attached hydrogen (secondary N) is 2. The Kier molecular flexibility index (Phi) is 8.57. The van der Waals surface area contributed by atoms with Crippen LogP contribution in [0, 0.1) is 11.8 Å². The van der Waals surface area contributed by atoms with Crippen LogP contribution in [0.1, 0.15) is 56.0 Å². The number of hydrogen-bond donors (Lipinski definition) is 2. The van der Waals surface area contributed by atoms with Gasteiger partial charge in [-0.1, -0.05) is 32.1 Å². The second-order valence-electron chi connectivity index (χ2n) is 8.78. The van der Waals surface area contributed by atoms with Gasteiger partial charge < -0.3 is 24.5 Å². The van der Waals surface area contributed by atoms with Crippen LogP contribution >= 0.6 is 12.4 Å². The average Bonchev–Trinajstić information content (AvgIpc) is 3.45. The van der Waals surface area contributed by atoms with Gasteiger partial charge in [0.25, 0.3) is 0 Å². The Hall–Kier alpha value is -2.09. The lowest BCUT2D eigenvalue weighted by molar-refractivity contribution is -0.119. The standard InChI is InChI=1S/C24H32N2O5.ClH/c1-15(29-2)14-30-24(28)21-13-17-12-18(8-9-20(17)31-21)26-23(27)22-19(10-11-25-22)16-6-4-3-5-7-16;/h8-9,12-13,15-16,19,22,25H,3-7,10-11,14H2,1-2H3,(H,26,27);1H/t15-,19-,22-;/m0./s1. The van der Waals surface area contributed by atoms with Crippen LogP contribution in [0.4, 0.5) is 5.69 Å². The van der Waals surface area contributed by atoms with Crippen LogP contribution in [0.25, 0.3) is 11.0 Å². The Morgan fingerprint density at radius 2 is 1.97 bits per heavy atom. The molecule has 2 heterocycles. The van der Waals surface area contributed by atoms with Gasteiger partial charge in [0.15, 0.2) is 0 Å². The summed E-state index contributed by atoms with van der Waals surface area (Å²) in [7, 11) is 1.56. The third-order valence-corrected chi connectivity index (χ3v) is 6.64. The smallest absolute Gasteiger partial charge is 0.374 e. The third-order valence-electron chi connectivity index (χ3n) is 6.64. The Labute approximate surface area is 195 Å². The number of fused-ring (bicyclic) bond motifs is 1. The summed E-state index contributed by atoms with van der Waals surface area (Å²) in [6.07, 6.45) is 7.23. The summed E-state index contributed by atoms with van der Waals surface area (Å²) in [6, 6.07) is 6.90. The number of hydrogen-bond acceptors (Lipinski definition) is 6. The van der Waals surface area contributed by atoms with Crippen molar-refractivity contribution in [3.63, 3.8) is 0 Å². The molecule has 2 aliphatic rings. The Morgan fingerprint density at radius 3 is 2.72 bits per heavy atom. The van der Waals surface area contributed by atoms with E-state index < -0.39 is 5.97 Å². The largest absolute Gasteiger partial charge is 0.457 e. The predicted octanol–water partition coefficient (Wildman–Crippen LogP) is 4.54. The first-order valence-electron chi connectivity index (χ1n) is 11.3. The predicted molar refractivity (Wildman–Crippen MR) is 125 cm³/mol. The molecule has 1 aliphatic carbocycles. The summed E-state index contributed by atoms with van der Waals surface area (Å²) >= 11 is 0. The van der Waals surface area contributed by atoms with Crippen molar-refractivity contribution in [2.75, 3.05) is 25.6 Å². The number of carbonyl (C=O) groups excluding carboxylic acids is 2. The molecule has 0 bridgehead atoms. The lowest BCUT2D eigenvalue weighted by Gasteiger charge is -2.30. The van der Waals surface area contributed by atoms with Crippen LogP contribution in [0.2, 0.25) is 0 Å². The maximum Gasteiger partial charge on any atom is 0.374 e. The molecular formula is C24H33ClN2O5. The van der Waals surface area contributed by atoms with Gasteiger partial charge in [0, 0.05) is 18.2 Å². The van der Waals surface area contributed by atoms with Gasteiger partial charge in [0.1, 0.15) is 12.2 Å². The summed E-state index contributed by atoms with van der Waals surface area (Å²) in [4.78, 5) is 25.2. The molecule has 0 radical (unpaired) electrons. The summed E-state index contributed by atoms with van der Waals surface area (Å²) in [5.41, 5.74) is 1.27. The van der Waals surface area contributed by atoms with E-state index in [9.17, 15) is 9.59 Å². The molecule has 4 rings (SSSR count). The van der Waals surface area contributed by atoms with E-state index in [0.717, 1.165) is 18.4 Å². The molecule has 0 spiro atoms. The Bertz CT molecular complexity index is 924. The van der Waals surface area contributed by atoms with Crippen molar-refractivity contribution < 1.29 is 23.5 Å². The first-order chi connectivity index (χ1) is 15.0. The molecule has 176 valence electrons. The van der Waals surface area contributed by atoms with Gasteiger partial charge >= 0.3 is 5.97 Å². The first kappa shape index (κ1) is 24.6. The molecule has 1 saturated heterocycles. The van der Waals surface area contributed by atoms with Crippen LogP contribution in [-0.2, 0) is 14.3 Å². The SMILES string of the molecule is CO[C@@H](C)COC(=O)c1cc2cc(NC(=O)[C@H]3NCC[C@H]3C3CCCCC3)ccc2o1.Cl. The molecule has 1 amide bonds. The number of anilines is 1. The van der Waals surface area contributed by atoms with Gasteiger partial charge in [-0.05, 0) is 56.0 Å². The average molecular weight is 465 g/mol. The van der Waals surface area contributed by atoms with E-state index in [0.29, 0.717) is 23.1 Å². The highest BCUT2D eigenvalue weighted by molar-refractivity contribution is 5.98. The number of halogens is 1. The lowest BCUT2D eigenvalue weighted by atomic mass is 9.76. The van der Waals surface area contributed by atoms with Crippen LogP contribution in [0.15, 0.2) is 28.7 Å². The zero-order valence-corrected chi connectivity index (χ0v) is 19.5. The van der Waals surface area contributed by atoms with Crippen molar-refractivity contribution in [1.29, 1.82) is 0 Å². The van der Waals surface area contributed by atoms with Crippen LogP contribution in [0.3, 0.4) is 0 Å². The highest BCUT2D eigenvalue weighted by Crippen LogP contribution is 2.36. The molecule has 7 nitrogen and oxygen atoms in total. The number of esters is 1. The minimum Gasteiger partial charge on any atom is -0.457 e. The fraction of sp³-hybridized carbons (Fsp3) is 0.583. The zero-order chi connectivity index (χ0) is 21.8. The summed E-state index contributed by atoms with van der Waals surface area (Å²) < 4.78 is 15.9. The van der Waals surface area contributed by atoms with Gasteiger partial charge in [-0.2, -0.15) is 0 Å². The molecule has 3 atom stereocenters.